The maximum absolute atomic E-state index is 12.5. The minimum Gasteiger partial charge on any atom is -0.466 e. The minimum absolute atomic E-state index is 0.0187. The second-order valence-electron chi connectivity index (χ2n) is 22.8. The number of amides is 1. The van der Waals surface area contributed by atoms with E-state index in [1.165, 1.54) is 308 Å². The van der Waals surface area contributed by atoms with Gasteiger partial charge in [-0.1, -0.05) is 341 Å². The summed E-state index contributed by atoms with van der Waals surface area (Å²) in [5.41, 5.74) is 0. The lowest BCUT2D eigenvalue weighted by atomic mass is 10.0. The number of ether oxygens (including phenoxy) is 1. The van der Waals surface area contributed by atoms with Crippen LogP contribution in [0.15, 0.2) is 0 Å². The summed E-state index contributed by atoms with van der Waals surface area (Å²) in [6.07, 6.45) is 72.7. The fourth-order valence-corrected chi connectivity index (χ4v) is 10.6. The molecule has 0 aliphatic carbocycles. The second-order valence-corrected chi connectivity index (χ2v) is 22.8. The molecule has 0 aliphatic rings. The summed E-state index contributed by atoms with van der Waals surface area (Å²) in [6.45, 7) is 4.99. The van der Waals surface area contributed by atoms with Crippen LogP contribution in [0.5, 0.6) is 0 Å². The molecule has 424 valence electrons. The van der Waals surface area contributed by atoms with Gasteiger partial charge in [-0.3, -0.25) is 9.59 Å². The molecule has 2 atom stereocenters. The highest BCUT2D eigenvalue weighted by Gasteiger charge is 2.20. The molecule has 6 nitrogen and oxygen atoms in total. The van der Waals surface area contributed by atoms with Crippen LogP contribution in [0.3, 0.4) is 0 Å². The zero-order valence-electron chi connectivity index (χ0n) is 48.5. The zero-order valence-corrected chi connectivity index (χ0v) is 48.5. The van der Waals surface area contributed by atoms with Crippen molar-refractivity contribution in [2.24, 2.45) is 0 Å². The molecule has 0 aromatic rings. The molecule has 3 N–H and O–H groups in total. The van der Waals surface area contributed by atoms with E-state index in [2.05, 4.69) is 19.2 Å². The first-order chi connectivity index (χ1) is 35.0. The number of hydrogen-bond donors (Lipinski definition) is 3. The van der Waals surface area contributed by atoms with E-state index in [4.69, 9.17) is 4.74 Å². The molecular weight excluding hydrogens is 875 g/mol. The highest BCUT2D eigenvalue weighted by atomic mass is 16.5. The van der Waals surface area contributed by atoms with Crippen LogP contribution in [0.2, 0.25) is 0 Å². The summed E-state index contributed by atoms with van der Waals surface area (Å²) in [5, 5.41) is 23.3. The molecule has 0 heterocycles. The van der Waals surface area contributed by atoms with Crippen molar-refractivity contribution in [3.63, 3.8) is 0 Å². The number of aliphatic hydroxyl groups excluding tert-OH is 2. The molecule has 0 bridgehead atoms. The van der Waals surface area contributed by atoms with Crippen molar-refractivity contribution in [3.05, 3.63) is 0 Å². The van der Waals surface area contributed by atoms with Crippen molar-refractivity contribution >= 4 is 11.9 Å². The van der Waals surface area contributed by atoms with E-state index in [1.807, 2.05) is 0 Å². The van der Waals surface area contributed by atoms with Crippen LogP contribution in [-0.4, -0.2) is 47.4 Å². The fraction of sp³-hybridized carbons (Fsp3) is 0.969. The number of carbonyl (C=O) groups excluding carboxylic acids is 2. The Kier molecular flexibility index (Phi) is 60.4. The molecule has 2 unspecified atom stereocenters. The maximum atomic E-state index is 12.5. The molecule has 0 fully saturated rings. The van der Waals surface area contributed by atoms with Crippen molar-refractivity contribution < 1.29 is 24.5 Å². The molecule has 0 aromatic carbocycles. The number of rotatable bonds is 62. The Labute approximate surface area is 445 Å². The third-order valence-electron chi connectivity index (χ3n) is 15.7. The van der Waals surface area contributed by atoms with Crippen molar-refractivity contribution in [1.82, 2.24) is 5.32 Å². The highest BCUT2D eigenvalue weighted by Crippen LogP contribution is 2.19. The van der Waals surface area contributed by atoms with Crippen molar-refractivity contribution in [3.8, 4) is 0 Å². The van der Waals surface area contributed by atoms with E-state index in [-0.39, 0.29) is 18.5 Å². The first-order valence-corrected chi connectivity index (χ1v) is 32.8. The molecule has 0 aliphatic heterocycles. The van der Waals surface area contributed by atoms with Crippen LogP contribution in [0, 0.1) is 0 Å². The Balaban J connectivity index is 3.34. The quantitative estimate of drug-likeness (QED) is 0.0417. The van der Waals surface area contributed by atoms with Gasteiger partial charge in [0.1, 0.15) is 0 Å². The number of unbranched alkanes of at least 4 members (excludes halogenated alkanes) is 51. The Morgan fingerprint density at radius 2 is 0.577 bits per heavy atom. The summed E-state index contributed by atoms with van der Waals surface area (Å²) in [4.78, 5) is 24.5. The van der Waals surface area contributed by atoms with E-state index in [1.54, 1.807) is 0 Å². The molecule has 6 heteroatoms. The SMILES string of the molecule is CCCCCCCCCCCCCCCCCCC(O)C(CO)NC(=O)CCCCCCCCCCCCCCCCCCCCCCCCCCCCCOC(=O)CCCCCCCCCCCCC. The Hall–Kier alpha value is -1.14. The first-order valence-electron chi connectivity index (χ1n) is 32.8. The lowest BCUT2D eigenvalue weighted by Crippen LogP contribution is -2.45. The number of hydrogen-bond acceptors (Lipinski definition) is 5. The third kappa shape index (κ3) is 58.0. The average Bonchev–Trinajstić information content (AvgIpc) is 3.37. The molecule has 0 saturated carbocycles. The molecule has 71 heavy (non-hydrogen) atoms. The van der Waals surface area contributed by atoms with Gasteiger partial charge in [-0.25, -0.2) is 0 Å². The number of nitrogens with one attached hydrogen (secondary N) is 1. The van der Waals surface area contributed by atoms with Gasteiger partial charge in [0.25, 0.3) is 0 Å². The lowest BCUT2D eigenvalue weighted by molar-refractivity contribution is -0.143. The van der Waals surface area contributed by atoms with Crippen molar-refractivity contribution in [1.29, 1.82) is 0 Å². The summed E-state index contributed by atoms with van der Waals surface area (Å²) >= 11 is 0. The van der Waals surface area contributed by atoms with Gasteiger partial charge in [0, 0.05) is 12.8 Å². The summed E-state index contributed by atoms with van der Waals surface area (Å²) in [5.74, 6) is -0.00977. The van der Waals surface area contributed by atoms with Gasteiger partial charge in [0.15, 0.2) is 0 Å². The van der Waals surface area contributed by atoms with E-state index >= 15 is 0 Å². The zero-order chi connectivity index (χ0) is 51.4. The van der Waals surface area contributed by atoms with Crippen LogP contribution in [0.25, 0.3) is 0 Å². The molecule has 0 aromatic heterocycles. The topological polar surface area (TPSA) is 95.9 Å². The normalized spacial score (nSPS) is 12.5. The summed E-state index contributed by atoms with van der Waals surface area (Å²) in [7, 11) is 0. The van der Waals surface area contributed by atoms with Gasteiger partial charge >= 0.3 is 5.97 Å². The Morgan fingerprint density at radius 3 is 0.859 bits per heavy atom. The largest absolute Gasteiger partial charge is 0.466 e. The predicted molar refractivity (Wildman–Crippen MR) is 310 cm³/mol. The van der Waals surface area contributed by atoms with Crippen molar-refractivity contribution in [2.75, 3.05) is 13.2 Å². The monoisotopic (exact) mass is 1000 g/mol. The van der Waals surface area contributed by atoms with Crippen LogP contribution < -0.4 is 5.32 Å². The van der Waals surface area contributed by atoms with E-state index in [0.29, 0.717) is 25.9 Å². The van der Waals surface area contributed by atoms with E-state index in [9.17, 15) is 19.8 Å². The maximum Gasteiger partial charge on any atom is 0.305 e. The first kappa shape index (κ1) is 69.9. The van der Waals surface area contributed by atoms with Gasteiger partial charge in [-0.2, -0.15) is 0 Å². The van der Waals surface area contributed by atoms with Crippen molar-refractivity contribution in [2.45, 2.75) is 392 Å². The molecular formula is C65H129NO5. The van der Waals surface area contributed by atoms with Gasteiger partial charge in [0.05, 0.1) is 25.4 Å². The highest BCUT2D eigenvalue weighted by molar-refractivity contribution is 5.76. The number of esters is 1. The third-order valence-corrected chi connectivity index (χ3v) is 15.7. The second kappa shape index (κ2) is 61.4. The van der Waals surface area contributed by atoms with Crippen LogP contribution in [-0.2, 0) is 14.3 Å². The minimum atomic E-state index is -0.661. The van der Waals surface area contributed by atoms with Crippen LogP contribution >= 0.6 is 0 Å². The van der Waals surface area contributed by atoms with Crippen LogP contribution in [0.4, 0.5) is 0 Å². The standard InChI is InChI=1S/C65H129NO5/c1-3-5-7-9-11-13-15-16-17-31-34-38-41-45-49-53-57-63(68)62(61-67)66-64(69)58-54-50-46-42-39-35-32-29-27-25-23-21-19-18-20-22-24-26-28-30-33-36-40-44-48-52-56-60-71-65(70)59-55-51-47-43-37-14-12-10-8-6-4-2/h62-63,67-68H,3-61H2,1-2H3,(H,66,69). The van der Waals surface area contributed by atoms with Gasteiger partial charge in [0.2, 0.25) is 5.91 Å². The molecule has 1 amide bonds. The van der Waals surface area contributed by atoms with E-state index < -0.39 is 12.1 Å². The van der Waals surface area contributed by atoms with Gasteiger partial charge in [-0.15, -0.1) is 0 Å². The molecule has 0 spiro atoms. The predicted octanol–water partition coefficient (Wildman–Crippen LogP) is 20.6. The molecule has 0 radical (unpaired) electrons. The number of carbonyl (C=O) groups is 2. The van der Waals surface area contributed by atoms with E-state index in [0.717, 1.165) is 38.5 Å². The molecule has 0 rings (SSSR count). The average molecular weight is 1000 g/mol. The Morgan fingerprint density at radius 1 is 0.338 bits per heavy atom. The molecule has 0 saturated heterocycles. The Bertz CT molecular complexity index is 1020. The summed E-state index contributed by atoms with van der Waals surface area (Å²) in [6, 6.07) is -0.538. The number of aliphatic hydroxyl groups is 2. The smallest absolute Gasteiger partial charge is 0.305 e. The van der Waals surface area contributed by atoms with Crippen LogP contribution in [0.1, 0.15) is 380 Å². The van der Waals surface area contributed by atoms with Gasteiger partial charge in [-0.05, 0) is 25.7 Å². The summed E-state index contributed by atoms with van der Waals surface area (Å²) < 4.78 is 5.47. The van der Waals surface area contributed by atoms with Gasteiger partial charge < -0.3 is 20.3 Å². The fourth-order valence-electron chi connectivity index (χ4n) is 10.6. The lowest BCUT2D eigenvalue weighted by Gasteiger charge is -2.22.